The Balaban J connectivity index is 2.49. The third kappa shape index (κ3) is 4.31. The highest BCUT2D eigenvalue weighted by molar-refractivity contribution is 5.56. The summed E-state index contributed by atoms with van der Waals surface area (Å²) in [5.74, 6) is 0. The lowest BCUT2D eigenvalue weighted by Crippen LogP contribution is -2.36. The Morgan fingerprint density at radius 1 is 1.17 bits per heavy atom. The summed E-state index contributed by atoms with van der Waals surface area (Å²) in [6.07, 6.45) is -0.330. The highest BCUT2D eigenvalue weighted by Crippen LogP contribution is 2.19. The second kappa shape index (κ2) is 7.39. The summed E-state index contributed by atoms with van der Waals surface area (Å²) >= 11 is 0. The number of hydrogen-bond acceptors (Lipinski definition) is 3. The van der Waals surface area contributed by atoms with Crippen molar-refractivity contribution in [2.75, 3.05) is 31.5 Å². The molecule has 0 aliphatic heterocycles. The van der Waals surface area contributed by atoms with Gasteiger partial charge in [-0.05, 0) is 38.1 Å². The predicted molar refractivity (Wildman–Crippen MR) is 78.2 cm³/mol. The number of benzene rings is 1. The summed E-state index contributed by atoms with van der Waals surface area (Å²) in [6.45, 7) is 11.7. The van der Waals surface area contributed by atoms with E-state index in [2.05, 4.69) is 56.1 Å². The van der Waals surface area contributed by atoms with Gasteiger partial charge in [0, 0.05) is 18.8 Å². The second-order valence-corrected chi connectivity index (χ2v) is 4.79. The van der Waals surface area contributed by atoms with E-state index in [-0.39, 0.29) is 6.10 Å². The van der Waals surface area contributed by atoms with Crippen molar-refractivity contribution >= 4 is 5.69 Å². The molecule has 0 aliphatic carbocycles. The third-order valence-electron chi connectivity index (χ3n) is 3.36. The Labute approximate surface area is 111 Å². The zero-order valence-electron chi connectivity index (χ0n) is 12.0. The lowest BCUT2D eigenvalue weighted by molar-refractivity contribution is 0.128. The summed E-state index contributed by atoms with van der Waals surface area (Å²) in [5, 5.41) is 13.4. The molecule has 0 unspecified atom stereocenters. The predicted octanol–water partition coefficient (Wildman–Crippen LogP) is 2.42. The summed E-state index contributed by atoms with van der Waals surface area (Å²) in [6, 6.07) is 6.24. The maximum absolute atomic E-state index is 10.0. The molecule has 0 fully saturated rings. The van der Waals surface area contributed by atoms with E-state index in [0.29, 0.717) is 6.54 Å². The van der Waals surface area contributed by atoms with Gasteiger partial charge in [-0.3, -0.25) is 0 Å². The normalized spacial score (nSPS) is 12.8. The molecule has 0 spiro atoms. The average molecular weight is 250 g/mol. The number of likely N-dealkylation sites (N-methyl/N-ethyl adjacent to an activating group) is 1. The molecule has 0 heterocycles. The number of nitrogens with one attached hydrogen (secondary N) is 1. The SMILES string of the molecule is CCN(CC)C[C@H](O)CNc1c(C)cccc1C. The average Bonchev–Trinajstić information content (AvgIpc) is 2.35. The molecule has 0 aliphatic rings. The maximum atomic E-state index is 10.0. The first-order valence-corrected chi connectivity index (χ1v) is 6.79. The van der Waals surface area contributed by atoms with E-state index in [1.54, 1.807) is 0 Å². The highest BCUT2D eigenvalue weighted by atomic mass is 16.3. The molecule has 1 rings (SSSR count). The Bertz CT molecular complexity index is 341. The van der Waals surface area contributed by atoms with Crippen LogP contribution in [0.2, 0.25) is 0 Å². The smallest absolute Gasteiger partial charge is 0.0839 e. The van der Waals surface area contributed by atoms with Gasteiger partial charge >= 0.3 is 0 Å². The number of anilines is 1. The van der Waals surface area contributed by atoms with Crippen LogP contribution in [0.1, 0.15) is 25.0 Å². The Morgan fingerprint density at radius 2 is 1.72 bits per heavy atom. The summed E-state index contributed by atoms with van der Waals surface area (Å²) in [4.78, 5) is 2.23. The van der Waals surface area contributed by atoms with Crippen LogP contribution >= 0.6 is 0 Å². The van der Waals surface area contributed by atoms with Crippen LogP contribution in [0.3, 0.4) is 0 Å². The summed E-state index contributed by atoms with van der Waals surface area (Å²) < 4.78 is 0. The molecule has 0 saturated heterocycles. The minimum Gasteiger partial charge on any atom is -0.390 e. The lowest BCUT2D eigenvalue weighted by atomic mass is 10.1. The van der Waals surface area contributed by atoms with Crippen LogP contribution < -0.4 is 5.32 Å². The maximum Gasteiger partial charge on any atom is 0.0839 e. The van der Waals surface area contributed by atoms with Crippen LogP contribution in [0.5, 0.6) is 0 Å². The monoisotopic (exact) mass is 250 g/mol. The first kappa shape index (κ1) is 15.0. The van der Waals surface area contributed by atoms with E-state index < -0.39 is 0 Å². The zero-order valence-corrected chi connectivity index (χ0v) is 12.0. The van der Waals surface area contributed by atoms with E-state index in [4.69, 9.17) is 0 Å². The van der Waals surface area contributed by atoms with Gasteiger partial charge in [0.25, 0.3) is 0 Å². The molecule has 3 heteroatoms. The fourth-order valence-electron chi connectivity index (χ4n) is 2.16. The van der Waals surface area contributed by atoms with Gasteiger partial charge in [-0.25, -0.2) is 0 Å². The first-order valence-electron chi connectivity index (χ1n) is 6.79. The zero-order chi connectivity index (χ0) is 13.5. The lowest BCUT2D eigenvalue weighted by Gasteiger charge is -2.23. The third-order valence-corrected chi connectivity index (χ3v) is 3.36. The molecule has 1 aromatic rings. The Kier molecular flexibility index (Phi) is 6.16. The molecule has 1 aromatic carbocycles. The fraction of sp³-hybridized carbons (Fsp3) is 0.600. The number of rotatable bonds is 7. The summed E-state index contributed by atoms with van der Waals surface area (Å²) in [5.41, 5.74) is 3.60. The van der Waals surface area contributed by atoms with Crippen molar-refractivity contribution in [3.05, 3.63) is 29.3 Å². The van der Waals surface area contributed by atoms with Gasteiger partial charge < -0.3 is 15.3 Å². The van der Waals surface area contributed by atoms with Gasteiger partial charge in [-0.1, -0.05) is 32.0 Å². The van der Waals surface area contributed by atoms with Crippen LogP contribution in [0.4, 0.5) is 5.69 Å². The van der Waals surface area contributed by atoms with Gasteiger partial charge in [0.1, 0.15) is 0 Å². The van der Waals surface area contributed by atoms with Crippen molar-refractivity contribution in [2.24, 2.45) is 0 Å². The Morgan fingerprint density at radius 3 is 2.22 bits per heavy atom. The summed E-state index contributed by atoms with van der Waals surface area (Å²) in [7, 11) is 0. The van der Waals surface area contributed by atoms with E-state index in [1.165, 1.54) is 11.1 Å². The number of hydrogen-bond donors (Lipinski definition) is 2. The molecular formula is C15H26N2O. The van der Waals surface area contributed by atoms with Gasteiger partial charge in [0.05, 0.1) is 6.10 Å². The van der Waals surface area contributed by atoms with Gasteiger partial charge in [0.2, 0.25) is 0 Å². The van der Waals surface area contributed by atoms with Gasteiger partial charge in [-0.15, -0.1) is 0 Å². The molecule has 0 saturated carbocycles. The minimum atomic E-state index is -0.330. The van der Waals surface area contributed by atoms with Crippen LogP contribution in [0.15, 0.2) is 18.2 Å². The fourth-order valence-corrected chi connectivity index (χ4v) is 2.16. The molecule has 2 N–H and O–H groups in total. The first-order chi connectivity index (χ1) is 8.58. The van der Waals surface area contributed by atoms with Crippen molar-refractivity contribution in [2.45, 2.75) is 33.8 Å². The molecule has 18 heavy (non-hydrogen) atoms. The van der Waals surface area contributed by atoms with Crippen LogP contribution in [0, 0.1) is 13.8 Å². The number of nitrogens with zero attached hydrogens (tertiary/aromatic N) is 1. The van der Waals surface area contributed by atoms with E-state index in [1.807, 2.05) is 0 Å². The molecule has 1 atom stereocenters. The molecule has 0 bridgehead atoms. The highest BCUT2D eigenvalue weighted by Gasteiger charge is 2.09. The molecule has 102 valence electrons. The minimum absolute atomic E-state index is 0.330. The molecule has 0 aromatic heterocycles. The second-order valence-electron chi connectivity index (χ2n) is 4.79. The Hall–Kier alpha value is -1.06. The topological polar surface area (TPSA) is 35.5 Å². The van der Waals surface area contributed by atoms with Crippen LogP contribution in [0.25, 0.3) is 0 Å². The molecular weight excluding hydrogens is 224 g/mol. The van der Waals surface area contributed by atoms with E-state index in [9.17, 15) is 5.11 Å². The van der Waals surface area contributed by atoms with Crippen molar-refractivity contribution in [1.82, 2.24) is 4.90 Å². The van der Waals surface area contributed by atoms with E-state index >= 15 is 0 Å². The van der Waals surface area contributed by atoms with Crippen molar-refractivity contribution in [3.8, 4) is 0 Å². The number of aryl methyl sites for hydroxylation is 2. The van der Waals surface area contributed by atoms with Crippen molar-refractivity contribution in [1.29, 1.82) is 0 Å². The van der Waals surface area contributed by atoms with Crippen molar-refractivity contribution < 1.29 is 5.11 Å². The van der Waals surface area contributed by atoms with Crippen molar-refractivity contribution in [3.63, 3.8) is 0 Å². The van der Waals surface area contributed by atoms with Gasteiger partial charge in [-0.2, -0.15) is 0 Å². The molecule has 0 radical (unpaired) electrons. The number of aliphatic hydroxyl groups excluding tert-OH is 1. The molecule has 3 nitrogen and oxygen atoms in total. The van der Waals surface area contributed by atoms with E-state index in [0.717, 1.165) is 25.3 Å². The standard InChI is InChI=1S/C15H26N2O/c1-5-17(6-2)11-14(18)10-16-15-12(3)8-7-9-13(15)4/h7-9,14,16,18H,5-6,10-11H2,1-4H3/t14-/m1/s1. The quantitative estimate of drug-likeness (QED) is 0.780. The number of para-hydroxylation sites is 1. The molecule has 0 amide bonds. The largest absolute Gasteiger partial charge is 0.390 e. The van der Waals surface area contributed by atoms with Crippen LogP contribution in [-0.2, 0) is 0 Å². The van der Waals surface area contributed by atoms with Crippen LogP contribution in [-0.4, -0.2) is 42.3 Å². The number of aliphatic hydroxyl groups is 1. The van der Waals surface area contributed by atoms with Gasteiger partial charge in [0.15, 0.2) is 0 Å².